The van der Waals surface area contributed by atoms with Gasteiger partial charge in [-0.3, -0.25) is 15.1 Å². The van der Waals surface area contributed by atoms with E-state index < -0.39 is 4.92 Å². The molecule has 0 unspecified atom stereocenters. The molecule has 6 nitrogen and oxygen atoms in total. The maximum atomic E-state index is 11.1. The van der Waals surface area contributed by atoms with Gasteiger partial charge < -0.3 is 4.42 Å². The molecule has 0 aliphatic rings. The molecule has 1 aromatic heterocycles. The van der Waals surface area contributed by atoms with Gasteiger partial charge in [0, 0.05) is 17.8 Å². The molecule has 0 spiro atoms. The van der Waals surface area contributed by atoms with Crippen molar-refractivity contribution in [3.8, 4) is 11.5 Å². The fraction of sp³-hybridized carbons (Fsp3) is 0. The molecular formula is C26H17N3O3. The number of aromatic nitrogens is 1. The van der Waals surface area contributed by atoms with Crippen LogP contribution in [0.1, 0.15) is 5.56 Å². The number of allylic oxidation sites excluding steroid dienone is 1. The summed E-state index contributed by atoms with van der Waals surface area (Å²) in [5.74, 6) is 0.558. The Morgan fingerprint density at radius 3 is 2.59 bits per heavy atom. The molecule has 32 heavy (non-hydrogen) atoms. The topological polar surface area (TPSA) is 81.5 Å². The highest BCUT2D eigenvalue weighted by Gasteiger charge is 2.10. The fourth-order valence-electron chi connectivity index (χ4n) is 3.51. The summed E-state index contributed by atoms with van der Waals surface area (Å²) >= 11 is 0. The van der Waals surface area contributed by atoms with Crippen molar-refractivity contribution in [3.63, 3.8) is 0 Å². The predicted octanol–water partition coefficient (Wildman–Crippen LogP) is 6.97. The SMILES string of the molecule is O=[N+]([O-])c1ccccc1C=CC=Nc1ccc2oc(-c3ccc4ccccc4c3)nc2c1. The van der Waals surface area contributed by atoms with Crippen LogP contribution in [0.4, 0.5) is 11.4 Å². The zero-order chi connectivity index (χ0) is 21.9. The molecule has 0 aliphatic carbocycles. The third-order valence-electron chi connectivity index (χ3n) is 5.09. The van der Waals surface area contributed by atoms with E-state index in [1.165, 1.54) is 6.07 Å². The van der Waals surface area contributed by atoms with E-state index in [4.69, 9.17) is 4.42 Å². The van der Waals surface area contributed by atoms with E-state index in [1.807, 2.05) is 36.4 Å². The molecule has 6 heteroatoms. The minimum Gasteiger partial charge on any atom is -0.436 e. The van der Waals surface area contributed by atoms with Crippen molar-refractivity contribution in [3.05, 3.63) is 107 Å². The molecule has 0 N–H and O–H groups in total. The van der Waals surface area contributed by atoms with Gasteiger partial charge in [-0.1, -0.05) is 42.5 Å². The van der Waals surface area contributed by atoms with Crippen molar-refractivity contribution < 1.29 is 9.34 Å². The van der Waals surface area contributed by atoms with Crippen LogP contribution in [0.5, 0.6) is 0 Å². The van der Waals surface area contributed by atoms with Crippen LogP contribution in [0, 0.1) is 10.1 Å². The third-order valence-corrected chi connectivity index (χ3v) is 5.09. The first-order chi connectivity index (χ1) is 15.7. The van der Waals surface area contributed by atoms with Crippen LogP contribution in [0.3, 0.4) is 0 Å². The van der Waals surface area contributed by atoms with Gasteiger partial charge in [-0.2, -0.15) is 0 Å². The Morgan fingerprint density at radius 2 is 1.72 bits per heavy atom. The summed E-state index contributed by atoms with van der Waals surface area (Å²) in [6, 6.07) is 26.4. The van der Waals surface area contributed by atoms with Gasteiger partial charge in [-0.25, -0.2) is 4.98 Å². The summed E-state index contributed by atoms with van der Waals surface area (Å²) < 4.78 is 5.94. The Labute approximate surface area is 183 Å². The summed E-state index contributed by atoms with van der Waals surface area (Å²) in [5, 5.41) is 13.4. The number of hydrogen-bond donors (Lipinski definition) is 0. The molecule has 5 aromatic rings. The second kappa shape index (κ2) is 8.28. The van der Waals surface area contributed by atoms with Crippen molar-refractivity contribution in [1.82, 2.24) is 4.98 Å². The summed E-state index contributed by atoms with van der Waals surface area (Å²) in [7, 11) is 0. The maximum Gasteiger partial charge on any atom is 0.276 e. The number of fused-ring (bicyclic) bond motifs is 2. The van der Waals surface area contributed by atoms with Crippen LogP contribution in [-0.4, -0.2) is 16.1 Å². The van der Waals surface area contributed by atoms with Crippen LogP contribution in [0.25, 0.3) is 39.4 Å². The lowest BCUT2D eigenvalue weighted by atomic mass is 10.1. The van der Waals surface area contributed by atoms with E-state index in [0.717, 1.165) is 16.3 Å². The van der Waals surface area contributed by atoms with E-state index >= 15 is 0 Å². The minimum atomic E-state index is -0.400. The number of nitro groups is 1. The molecule has 0 fully saturated rings. The second-order valence-electron chi connectivity index (χ2n) is 7.19. The molecule has 0 saturated carbocycles. The summed E-state index contributed by atoms with van der Waals surface area (Å²) in [4.78, 5) is 19.7. The number of rotatable bonds is 5. The summed E-state index contributed by atoms with van der Waals surface area (Å²) in [6.07, 6.45) is 4.94. The highest BCUT2D eigenvalue weighted by atomic mass is 16.6. The van der Waals surface area contributed by atoms with Crippen LogP contribution in [-0.2, 0) is 0 Å². The number of para-hydroxylation sites is 1. The highest BCUT2D eigenvalue weighted by molar-refractivity contribution is 5.88. The van der Waals surface area contributed by atoms with Gasteiger partial charge in [-0.05, 0) is 59.3 Å². The lowest BCUT2D eigenvalue weighted by molar-refractivity contribution is -0.385. The second-order valence-corrected chi connectivity index (χ2v) is 7.19. The van der Waals surface area contributed by atoms with Crippen molar-refractivity contribution in [2.75, 3.05) is 0 Å². The molecule has 4 aromatic carbocycles. The van der Waals surface area contributed by atoms with Crippen LogP contribution in [0.2, 0.25) is 0 Å². The molecule has 1 heterocycles. The standard InChI is InChI=1S/C26H17N3O3/c30-29(31)24-10-4-3-7-19(24)9-5-15-27-22-13-14-25-23(17-22)28-26(32-25)21-12-11-18-6-1-2-8-20(18)16-21/h1-17H. The quantitative estimate of drug-likeness (QED) is 0.175. The summed E-state index contributed by atoms with van der Waals surface area (Å²) in [6.45, 7) is 0. The zero-order valence-corrected chi connectivity index (χ0v) is 16.9. The molecule has 0 bridgehead atoms. The van der Waals surface area contributed by atoms with E-state index in [2.05, 4.69) is 34.2 Å². The van der Waals surface area contributed by atoms with E-state index in [1.54, 1.807) is 36.6 Å². The fourth-order valence-corrected chi connectivity index (χ4v) is 3.51. The minimum absolute atomic E-state index is 0.0578. The Kier molecular flexibility index (Phi) is 5.01. The number of benzene rings is 4. The first-order valence-corrected chi connectivity index (χ1v) is 10.0. The van der Waals surface area contributed by atoms with E-state index in [9.17, 15) is 10.1 Å². The molecule has 5 rings (SSSR count). The lowest BCUT2D eigenvalue weighted by Crippen LogP contribution is -1.90. The van der Waals surface area contributed by atoms with Crippen molar-refractivity contribution in [2.45, 2.75) is 0 Å². The Balaban J connectivity index is 1.38. The van der Waals surface area contributed by atoms with Crippen molar-refractivity contribution in [1.29, 1.82) is 0 Å². The van der Waals surface area contributed by atoms with Gasteiger partial charge in [0.25, 0.3) is 5.69 Å². The number of oxazole rings is 1. The van der Waals surface area contributed by atoms with Gasteiger partial charge in [-0.15, -0.1) is 0 Å². The number of nitrogens with zero attached hydrogens (tertiary/aromatic N) is 3. The first kappa shape index (κ1) is 19.4. The largest absolute Gasteiger partial charge is 0.436 e. The van der Waals surface area contributed by atoms with Crippen LogP contribution in [0.15, 0.2) is 100 Å². The molecule has 0 radical (unpaired) electrons. The average molecular weight is 419 g/mol. The third kappa shape index (κ3) is 3.89. The molecule has 0 atom stereocenters. The molecular weight excluding hydrogens is 402 g/mol. The average Bonchev–Trinajstić information content (AvgIpc) is 3.25. The van der Waals surface area contributed by atoms with Gasteiger partial charge >= 0.3 is 0 Å². The lowest BCUT2D eigenvalue weighted by Gasteiger charge is -1.99. The normalized spacial score (nSPS) is 11.8. The molecule has 0 aliphatic heterocycles. The Bertz CT molecular complexity index is 1520. The zero-order valence-electron chi connectivity index (χ0n) is 16.9. The van der Waals surface area contributed by atoms with Crippen LogP contribution < -0.4 is 0 Å². The number of aliphatic imine (C=N–C) groups is 1. The smallest absolute Gasteiger partial charge is 0.276 e. The number of nitro benzene ring substituents is 1. The monoisotopic (exact) mass is 419 g/mol. The predicted molar refractivity (Wildman–Crippen MR) is 127 cm³/mol. The Hall–Kier alpha value is -4.58. The molecule has 0 amide bonds. The Morgan fingerprint density at radius 1 is 0.906 bits per heavy atom. The van der Waals surface area contributed by atoms with E-state index in [0.29, 0.717) is 28.2 Å². The van der Waals surface area contributed by atoms with Crippen LogP contribution >= 0.6 is 0 Å². The number of hydrogen-bond acceptors (Lipinski definition) is 5. The van der Waals surface area contributed by atoms with Gasteiger partial charge in [0.15, 0.2) is 5.58 Å². The van der Waals surface area contributed by atoms with Gasteiger partial charge in [0.05, 0.1) is 16.2 Å². The van der Waals surface area contributed by atoms with Crippen molar-refractivity contribution in [2.24, 2.45) is 4.99 Å². The highest BCUT2D eigenvalue weighted by Crippen LogP contribution is 2.29. The molecule has 154 valence electrons. The van der Waals surface area contributed by atoms with Crippen molar-refractivity contribution >= 4 is 45.5 Å². The maximum absolute atomic E-state index is 11.1. The van der Waals surface area contributed by atoms with Gasteiger partial charge in [0.2, 0.25) is 5.89 Å². The first-order valence-electron chi connectivity index (χ1n) is 10.0. The molecule has 0 saturated heterocycles. The van der Waals surface area contributed by atoms with E-state index in [-0.39, 0.29) is 5.69 Å². The summed E-state index contributed by atoms with van der Waals surface area (Å²) in [5.41, 5.74) is 3.60. The van der Waals surface area contributed by atoms with Gasteiger partial charge in [0.1, 0.15) is 5.52 Å².